The highest BCUT2D eigenvalue weighted by molar-refractivity contribution is 7.22. The van der Waals surface area contributed by atoms with Crippen molar-refractivity contribution in [3.05, 3.63) is 57.5 Å². The predicted molar refractivity (Wildman–Crippen MR) is 104 cm³/mol. The zero-order chi connectivity index (χ0) is 17.4. The van der Waals surface area contributed by atoms with Crippen molar-refractivity contribution in [2.45, 2.75) is 20.4 Å². The van der Waals surface area contributed by atoms with E-state index in [1.807, 2.05) is 26.1 Å². The molecule has 5 nitrogen and oxygen atoms in total. The van der Waals surface area contributed by atoms with Gasteiger partial charge in [-0.25, -0.2) is 4.98 Å². The van der Waals surface area contributed by atoms with E-state index in [0.29, 0.717) is 0 Å². The summed E-state index contributed by atoms with van der Waals surface area (Å²) < 4.78 is 1.24. The lowest BCUT2D eigenvalue weighted by Gasteiger charge is -2.34. The molecule has 1 saturated heterocycles. The Morgan fingerprint density at radius 2 is 1.92 bits per heavy atom. The first-order chi connectivity index (χ1) is 12.1. The van der Waals surface area contributed by atoms with E-state index in [-0.39, 0.29) is 5.43 Å². The number of thiazole rings is 1. The molecule has 0 radical (unpaired) electrons. The van der Waals surface area contributed by atoms with E-state index in [0.717, 1.165) is 60.2 Å². The Morgan fingerprint density at radius 1 is 1.16 bits per heavy atom. The second-order valence-electron chi connectivity index (χ2n) is 6.63. The second kappa shape index (κ2) is 6.61. The molecule has 4 rings (SSSR count). The monoisotopic (exact) mass is 354 g/mol. The minimum Gasteiger partial charge on any atom is -0.363 e. The van der Waals surface area contributed by atoms with Gasteiger partial charge in [0.2, 0.25) is 0 Å². The van der Waals surface area contributed by atoms with E-state index in [2.05, 4.69) is 33.0 Å². The predicted octanol–water partition coefficient (Wildman–Crippen LogP) is 2.92. The SMILES string of the molecule is Cc1c[nH]c(CN2CCN(c3nc4ccccc4s3)CC2)c(C)c1=O. The molecule has 6 heteroatoms. The van der Waals surface area contributed by atoms with Crippen molar-refractivity contribution in [1.29, 1.82) is 0 Å². The first kappa shape index (κ1) is 16.3. The zero-order valence-electron chi connectivity index (χ0n) is 14.6. The number of hydrogen-bond donors (Lipinski definition) is 1. The lowest BCUT2D eigenvalue weighted by atomic mass is 10.1. The lowest BCUT2D eigenvalue weighted by molar-refractivity contribution is 0.246. The van der Waals surface area contributed by atoms with E-state index in [4.69, 9.17) is 4.98 Å². The topological polar surface area (TPSA) is 52.2 Å². The molecule has 2 aromatic heterocycles. The van der Waals surface area contributed by atoms with Gasteiger partial charge in [0.1, 0.15) is 0 Å². The zero-order valence-corrected chi connectivity index (χ0v) is 15.4. The van der Waals surface area contributed by atoms with Crippen LogP contribution in [0.1, 0.15) is 16.8 Å². The largest absolute Gasteiger partial charge is 0.363 e. The van der Waals surface area contributed by atoms with Crippen LogP contribution >= 0.6 is 11.3 Å². The molecule has 1 aliphatic heterocycles. The molecule has 1 fully saturated rings. The van der Waals surface area contributed by atoms with Crippen molar-refractivity contribution in [2.24, 2.45) is 0 Å². The molecule has 0 spiro atoms. The van der Waals surface area contributed by atoms with Gasteiger partial charge in [-0.3, -0.25) is 9.69 Å². The highest BCUT2D eigenvalue weighted by Crippen LogP contribution is 2.29. The van der Waals surface area contributed by atoms with Gasteiger partial charge in [-0.1, -0.05) is 23.5 Å². The number of aryl methyl sites for hydroxylation is 1. The molecule has 0 amide bonds. The average molecular weight is 354 g/mol. The molecular weight excluding hydrogens is 332 g/mol. The number of H-pyrrole nitrogens is 1. The number of aromatic nitrogens is 2. The number of hydrogen-bond acceptors (Lipinski definition) is 5. The van der Waals surface area contributed by atoms with Crippen molar-refractivity contribution < 1.29 is 0 Å². The number of benzene rings is 1. The summed E-state index contributed by atoms with van der Waals surface area (Å²) in [5.41, 5.74) is 3.89. The van der Waals surface area contributed by atoms with Crippen LogP contribution in [0.3, 0.4) is 0 Å². The van der Waals surface area contributed by atoms with Crippen LogP contribution in [0.5, 0.6) is 0 Å². The molecule has 130 valence electrons. The molecule has 1 N–H and O–H groups in total. The normalized spacial score (nSPS) is 15.8. The third kappa shape index (κ3) is 3.19. The van der Waals surface area contributed by atoms with Gasteiger partial charge < -0.3 is 9.88 Å². The number of anilines is 1. The Hall–Kier alpha value is -2.18. The Labute approximate surface area is 150 Å². The molecule has 25 heavy (non-hydrogen) atoms. The number of pyridine rings is 1. The van der Waals surface area contributed by atoms with E-state index >= 15 is 0 Å². The molecule has 0 bridgehead atoms. The molecule has 0 unspecified atom stereocenters. The third-order valence-corrected chi connectivity index (χ3v) is 6.02. The van der Waals surface area contributed by atoms with Crippen LogP contribution in [-0.2, 0) is 6.54 Å². The molecule has 1 aromatic carbocycles. The fraction of sp³-hybridized carbons (Fsp3) is 0.368. The molecule has 0 saturated carbocycles. The van der Waals surface area contributed by atoms with Gasteiger partial charge >= 0.3 is 0 Å². The van der Waals surface area contributed by atoms with Crippen molar-refractivity contribution in [1.82, 2.24) is 14.9 Å². The van der Waals surface area contributed by atoms with Crippen molar-refractivity contribution in [2.75, 3.05) is 31.1 Å². The summed E-state index contributed by atoms with van der Waals surface area (Å²) in [5, 5.41) is 1.11. The molecule has 3 heterocycles. The van der Waals surface area contributed by atoms with Crippen molar-refractivity contribution in [3.63, 3.8) is 0 Å². The number of aromatic amines is 1. The fourth-order valence-corrected chi connectivity index (χ4v) is 4.30. The Bertz CT molecular complexity index is 920. The van der Waals surface area contributed by atoms with E-state index in [9.17, 15) is 4.79 Å². The Balaban J connectivity index is 1.43. The quantitative estimate of drug-likeness (QED) is 0.786. The summed E-state index contributed by atoms with van der Waals surface area (Å²) in [4.78, 5) is 24.9. The number of nitrogens with one attached hydrogen (secondary N) is 1. The maximum atomic E-state index is 12.1. The van der Waals surface area contributed by atoms with Gasteiger partial charge in [-0.2, -0.15) is 0 Å². The van der Waals surface area contributed by atoms with Gasteiger partial charge in [0.25, 0.3) is 0 Å². The lowest BCUT2D eigenvalue weighted by Crippen LogP contribution is -2.46. The Morgan fingerprint density at radius 3 is 2.68 bits per heavy atom. The van der Waals surface area contributed by atoms with Crippen LogP contribution < -0.4 is 10.3 Å². The van der Waals surface area contributed by atoms with Crippen LogP contribution in [0.25, 0.3) is 10.2 Å². The van der Waals surface area contributed by atoms with Crippen molar-refractivity contribution in [3.8, 4) is 0 Å². The summed E-state index contributed by atoms with van der Waals surface area (Å²) in [6.07, 6.45) is 1.82. The molecule has 0 atom stereocenters. The van der Waals surface area contributed by atoms with Gasteiger partial charge in [0, 0.05) is 55.7 Å². The van der Waals surface area contributed by atoms with Crippen LogP contribution in [0, 0.1) is 13.8 Å². The highest BCUT2D eigenvalue weighted by Gasteiger charge is 2.20. The van der Waals surface area contributed by atoms with Gasteiger partial charge in [0.05, 0.1) is 10.2 Å². The maximum Gasteiger partial charge on any atom is 0.187 e. The van der Waals surface area contributed by atoms with Crippen molar-refractivity contribution >= 4 is 26.7 Å². The number of nitrogens with zero attached hydrogens (tertiary/aromatic N) is 3. The van der Waals surface area contributed by atoms with Gasteiger partial charge in [-0.15, -0.1) is 0 Å². The van der Waals surface area contributed by atoms with Crippen LogP contribution in [0.4, 0.5) is 5.13 Å². The smallest absolute Gasteiger partial charge is 0.187 e. The second-order valence-corrected chi connectivity index (χ2v) is 7.64. The van der Waals surface area contributed by atoms with Gasteiger partial charge in [0.15, 0.2) is 10.6 Å². The van der Waals surface area contributed by atoms with Crippen LogP contribution in [-0.4, -0.2) is 41.0 Å². The number of piperazine rings is 1. The van der Waals surface area contributed by atoms with E-state index in [1.165, 1.54) is 4.70 Å². The average Bonchev–Trinajstić information content (AvgIpc) is 3.07. The summed E-state index contributed by atoms with van der Waals surface area (Å²) in [6.45, 7) is 8.46. The molecule has 0 aliphatic carbocycles. The van der Waals surface area contributed by atoms with E-state index in [1.54, 1.807) is 11.3 Å². The molecular formula is C19H22N4OS. The summed E-state index contributed by atoms with van der Waals surface area (Å²) >= 11 is 1.76. The summed E-state index contributed by atoms with van der Waals surface area (Å²) in [6, 6.07) is 8.30. The summed E-state index contributed by atoms with van der Waals surface area (Å²) in [5.74, 6) is 0. The summed E-state index contributed by atoms with van der Waals surface area (Å²) in [7, 11) is 0. The standard InChI is InChI=1S/C19H22N4OS/c1-13-11-20-16(14(2)18(13)24)12-22-7-9-23(10-8-22)19-21-15-5-3-4-6-17(15)25-19/h3-6,11H,7-10,12H2,1-2H3,(H,20,24). The number of rotatable bonds is 3. The maximum absolute atomic E-state index is 12.1. The molecule has 1 aliphatic rings. The van der Waals surface area contributed by atoms with E-state index < -0.39 is 0 Å². The van der Waals surface area contributed by atoms with Crippen LogP contribution in [0.15, 0.2) is 35.3 Å². The Kier molecular flexibility index (Phi) is 4.31. The third-order valence-electron chi connectivity index (χ3n) is 4.92. The highest BCUT2D eigenvalue weighted by atomic mass is 32.1. The number of fused-ring (bicyclic) bond motifs is 1. The molecule has 3 aromatic rings. The first-order valence-electron chi connectivity index (χ1n) is 8.62. The van der Waals surface area contributed by atoms with Gasteiger partial charge in [-0.05, 0) is 26.0 Å². The first-order valence-corrected chi connectivity index (χ1v) is 9.44. The minimum absolute atomic E-state index is 0.155. The number of para-hydroxylation sites is 1. The fourth-order valence-electron chi connectivity index (χ4n) is 3.28. The van der Waals surface area contributed by atoms with Crippen LogP contribution in [0.2, 0.25) is 0 Å². The minimum atomic E-state index is 0.155.